The normalized spacial score (nSPS) is 0.800. The van der Waals surface area contributed by atoms with Crippen LogP contribution >= 0.6 is 0 Å². The van der Waals surface area contributed by atoms with Gasteiger partial charge in [0.1, 0.15) is 0 Å². The third-order valence-electron chi connectivity index (χ3n) is 0. The molecule has 0 spiro atoms. The van der Waals surface area contributed by atoms with Gasteiger partial charge in [-0.3, -0.25) is 0 Å². The van der Waals surface area contributed by atoms with E-state index in [0.29, 0.717) is 22.5 Å². The van der Waals surface area contributed by atoms with Gasteiger partial charge in [0.05, 0.1) is 0 Å². The summed E-state index contributed by atoms with van der Waals surface area (Å²) in [6.45, 7) is 0. The van der Waals surface area contributed by atoms with Crippen LogP contribution in [0.2, 0.25) is 0 Å². The molecule has 5 heavy (non-hydrogen) atoms. The van der Waals surface area contributed by atoms with Gasteiger partial charge in [-0.2, -0.15) is 0 Å². The summed E-state index contributed by atoms with van der Waals surface area (Å²) in [5.74, 6) is 0. The quantitative estimate of drug-likeness (QED) is 0.499. The first kappa shape index (κ1) is 25.2. The molecule has 0 aromatic rings. The molecule has 5 heteroatoms. The van der Waals surface area contributed by atoms with Crippen LogP contribution in [-0.2, 0) is 42.0 Å². The second-order valence-corrected chi connectivity index (χ2v) is 0. The smallest absolute Gasteiger partial charge is 0 e. The van der Waals surface area contributed by atoms with Gasteiger partial charge in [-0.15, -0.1) is 0 Å². The minimum absolute atomic E-state index is 0. The Labute approximate surface area is 88.8 Å². The van der Waals surface area contributed by atoms with E-state index in [1.807, 2.05) is 0 Å². The fraction of sp³-hybridized carbons (Fsp3) is 0. The molecular weight excluding hydrogens is 380 g/mol. The van der Waals surface area contributed by atoms with Crippen molar-refractivity contribution in [3.8, 4) is 0 Å². The molecule has 0 aliphatic heterocycles. The van der Waals surface area contributed by atoms with Gasteiger partial charge < -0.3 is 0 Å². The molecule has 17 valence electrons. The molecule has 0 amide bonds. The van der Waals surface area contributed by atoms with Gasteiger partial charge in [0.15, 0.2) is 0 Å². The summed E-state index contributed by atoms with van der Waals surface area (Å²) in [6, 6.07) is 0. The second-order valence-electron chi connectivity index (χ2n) is 0. The summed E-state index contributed by atoms with van der Waals surface area (Å²) in [5.41, 5.74) is 0. The topological polar surface area (TPSA) is 17.1 Å². The molecule has 0 unspecified atom stereocenters. The molecule has 0 saturated carbocycles. The molecule has 0 aromatic heterocycles. The Morgan fingerprint density at radius 3 is 1.00 bits per heavy atom. The second kappa shape index (κ2) is 29.7. The zero-order valence-electron chi connectivity index (χ0n) is 2.90. The summed E-state index contributed by atoms with van der Waals surface area (Å²) in [6.07, 6.45) is 0. The van der Waals surface area contributed by atoms with Crippen LogP contribution in [0.5, 0.6) is 0 Å². The fourth-order valence-electron chi connectivity index (χ4n) is 0. The number of hydrogen-bond acceptors (Lipinski definition) is 1. The van der Waals surface area contributed by atoms with E-state index in [0.717, 1.165) is 0 Å². The third-order valence-corrected chi connectivity index (χ3v) is 0. The van der Waals surface area contributed by atoms with Gasteiger partial charge in [0.25, 0.3) is 0 Å². The van der Waals surface area contributed by atoms with Crippen LogP contribution in [0.1, 0.15) is 0 Å². The Hall–Kier alpha value is 2.72. The standard InChI is InChI=1S/In.O.Sn.2Zn. The van der Waals surface area contributed by atoms with E-state index in [1.165, 1.54) is 0 Å². The average molecular weight is 380 g/mol. The zero-order valence-corrected chi connectivity index (χ0v) is 15.0. The van der Waals surface area contributed by atoms with Gasteiger partial charge in [-0.05, 0) is 0 Å². The molecule has 0 aromatic carbocycles. The van der Waals surface area contributed by atoms with Crippen molar-refractivity contribution in [3.63, 3.8) is 0 Å². The van der Waals surface area contributed by atoms with Crippen molar-refractivity contribution in [3.05, 3.63) is 0 Å². The molecule has 0 bridgehead atoms. The van der Waals surface area contributed by atoms with Gasteiger partial charge in [0, 0.05) is 64.8 Å². The van der Waals surface area contributed by atoms with Crippen LogP contribution in [-0.4, -0.2) is 48.4 Å². The predicted molar refractivity (Wildman–Crippen MR) is 12.2 cm³/mol. The predicted octanol–water partition coefficient (Wildman–Crippen LogP) is -0.885. The minimum Gasteiger partial charge on any atom is 0 e. The third kappa shape index (κ3) is 20.3. The molecule has 0 saturated heterocycles. The van der Waals surface area contributed by atoms with Crippen LogP contribution in [0.4, 0.5) is 0 Å². The van der Waals surface area contributed by atoms with E-state index >= 15 is 0 Å². The van der Waals surface area contributed by atoms with Crippen molar-refractivity contribution >= 4 is 48.4 Å². The zero-order chi connectivity index (χ0) is 2.00. The van der Waals surface area contributed by atoms with Crippen molar-refractivity contribution in [1.29, 1.82) is 0 Å². The van der Waals surface area contributed by atoms with Crippen LogP contribution in [0.25, 0.3) is 0 Å². The molecule has 5 radical (unpaired) electrons. The number of rotatable bonds is 0. The molecule has 0 fully saturated rings. The Bertz CT molecular complexity index is 9.61. The molecule has 0 aliphatic rings. The monoisotopic (exact) mass is 379 g/mol. The minimum atomic E-state index is 0. The summed E-state index contributed by atoms with van der Waals surface area (Å²) in [7, 11) is 0. The van der Waals surface area contributed by atoms with Crippen LogP contribution in [0.15, 0.2) is 0 Å². The Morgan fingerprint density at radius 2 is 1.00 bits per heavy atom. The maximum Gasteiger partial charge on any atom is 0 e. The van der Waals surface area contributed by atoms with Crippen molar-refractivity contribution in [1.82, 2.24) is 0 Å². The summed E-state index contributed by atoms with van der Waals surface area (Å²) >= 11 is 0.300. The van der Waals surface area contributed by atoms with Crippen LogP contribution < -0.4 is 0 Å². The first-order chi connectivity index (χ1) is 1.00. The van der Waals surface area contributed by atoms with Gasteiger partial charge in [-0.1, -0.05) is 0 Å². The first-order valence-electron chi connectivity index (χ1n) is 0.204. The molecule has 1 nitrogen and oxygen atoms in total. The van der Waals surface area contributed by atoms with Crippen molar-refractivity contribution in [2.75, 3.05) is 0 Å². The largest absolute Gasteiger partial charge is 0 e. The molecule has 0 N–H and O–H groups in total. The Balaban J connectivity index is -0.00000000167. The number of hydrogen-bond donors (Lipinski definition) is 0. The molecule has 0 atom stereocenters. The molecule has 0 rings (SSSR count). The average Bonchev–Trinajstić information content (AvgIpc) is 1.00. The van der Waals surface area contributed by atoms with Crippen molar-refractivity contribution < 1.29 is 42.0 Å². The van der Waals surface area contributed by atoms with E-state index in [4.69, 9.17) is 3.08 Å². The van der Waals surface area contributed by atoms with Gasteiger partial charge >= 0.3 is 25.6 Å². The Morgan fingerprint density at radius 1 is 1.00 bits per heavy atom. The van der Waals surface area contributed by atoms with Gasteiger partial charge in [-0.25, -0.2) is 0 Å². The summed E-state index contributed by atoms with van der Waals surface area (Å²) in [5, 5.41) is 0. The molecular formula is InOSnZn2. The Kier molecular flexibility index (Phi) is 150. The van der Waals surface area contributed by atoms with Crippen LogP contribution in [0.3, 0.4) is 0 Å². The molecule has 0 aliphatic carbocycles. The van der Waals surface area contributed by atoms with Crippen molar-refractivity contribution in [2.24, 2.45) is 0 Å². The fourth-order valence-corrected chi connectivity index (χ4v) is 0. The van der Waals surface area contributed by atoms with E-state index in [1.54, 1.807) is 0 Å². The maximum absolute atomic E-state index is 8.34. The SMILES string of the molecule is [In].[O]=[Sn].[Zn].[Zn]. The van der Waals surface area contributed by atoms with E-state index in [9.17, 15) is 0 Å². The van der Waals surface area contributed by atoms with Gasteiger partial charge in [0.2, 0.25) is 0 Å². The summed E-state index contributed by atoms with van der Waals surface area (Å²) < 4.78 is 8.34. The van der Waals surface area contributed by atoms with E-state index < -0.39 is 0 Å². The first-order valence-corrected chi connectivity index (χ1v) is 1.37. The maximum atomic E-state index is 8.34. The van der Waals surface area contributed by atoms with Crippen LogP contribution in [0, 0.1) is 0 Å². The molecule has 0 heterocycles. The van der Waals surface area contributed by atoms with E-state index in [2.05, 4.69) is 0 Å². The van der Waals surface area contributed by atoms with E-state index in [-0.39, 0.29) is 64.8 Å². The van der Waals surface area contributed by atoms with Crippen molar-refractivity contribution in [2.45, 2.75) is 0 Å². The summed E-state index contributed by atoms with van der Waals surface area (Å²) in [4.78, 5) is 0.